The molecule has 0 N–H and O–H groups in total. The van der Waals surface area contributed by atoms with Gasteiger partial charge < -0.3 is 0 Å². The third-order valence-corrected chi connectivity index (χ3v) is 11.9. The predicted molar refractivity (Wildman–Crippen MR) is 272 cm³/mol. The molecule has 0 aliphatic carbocycles. The molecule has 0 fully saturated rings. The monoisotopic (exact) mass is 869 g/mol. The van der Waals surface area contributed by atoms with E-state index in [4.69, 9.17) is 29.9 Å². The number of nitriles is 1. The molecule has 0 aliphatic heterocycles. The van der Waals surface area contributed by atoms with Crippen molar-refractivity contribution in [2.24, 2.45) is 0 Å². The molecule has 68 heavy (non-hydrogen) atoms. The van der Waals surface area contributed by atoms with Crippen LogP contribution in [-0.2, 0) is 0 Å². The van der Waals surface area contributed by atoms with Gasteiger partial charge in [-0.25, -0.2) is 29.9 Å². The highest BCUT2D eigenvalue weighted by Crippen LogP contribution is 2.44. The molecular formula is C61H39N7. The maximum atomic E-state index is 9.73. The Balaban J connectivity index is 1.07. The third kappa shape index (κ3) is 8.45. The Bertz CT molecular complexity index is 3500. The van der Waals surface area contributed by atoms with Gasteiger partial charge in [-0.15, -0.1) is 0 Å². The highest BCUT2D eigenvalue weighted by molar-refractivity contribution is 5.98. The first-order valence-electron chi connectivity index (χ1n) is 22.3. The topological polar surface area (TPSA) is 101 Å². The number of hydrogen-bond acceptors (Lipinski definition) is 7. The van der Waals surface area contributed by atoms with E-state index in [-0.39, 0.29) is 0 Å². The largest absolute Gasteiger partial charge is 0.208 e. The van der Waals surface area contributed by atoms with Gasteiger partial charge in [0.2, 0.25) is 0 Å². The molecule has 0 amide bonds. The SMILES string of the molecule is N#Cc1ccc(-c2cccc(-c3ccccc3-c3nc(-c4ccccc4)nc(-c4ccccc4)n3)c2-c2cccc(-c3cccc(-c4nc(-c5ccccc5)nc(-c5ccccc5)n4)c3)c2)cc1. The summed E-state index contributed by atoms with van der Waals surface area (Å²) in [6.45, 7) is 0. The predicted octanol–water partition coefficient (Wildman–Crippen LogP) is 14.6. The lowest BCUT2D eigenvalue weighted by Gasteiger charge is -2.19. The van der Waals surface area contributed by atoms with Crippen LogP contribution in [0.5, 0.6) is 0 Å². The summed E-state index contributed by atoms with van der Waals surface area (Å²) in [5.41, 5.74) is 14.0. The van der Waals surface area contributed by atoms with Gasteiger partial charge in [-0.1, -0.05) is 212 Å². The summed E-state index contributed by atoms with van der Waals surface area (Å²) in [6, 6.07) is 81.9. The van der Waals surface area contributed by atoms with Crippen LogP contribution in [0.4, 0.5) is 0 Å². The van der Waals surface area contributed by atoms with Crippen molar-refractivity contribution in [3.63, 3.8) is 0 Å². The molecule has 0 saturated heterocycles. The van der Waals surface area contributed by atoms with Gasteiger partial charge in [0.05, 0.1) is 11.6 Å². The van der Waals surface area contributed by atoms with Gasteiger partial charge in [0.25, 0.3) is 0 Å². The Morgan fingerprint density at radius 3 is 1.06 bits per heavy atom. The van der Waals surface area contributed by atoms with Crippen molar-refractivity contribution in [2.75, 3.05) is 0 Å². The van der Waals surface area contributed by atoms with Gasteiger partial charge in [0.1, 0.15) is 0 Å². The van der Waals surface area contributed by atoms with Crippen molar-refractivity contribution in [1.29, 1.82) is 5.26 Å². The summed E-state index contributed by atoms with van der Waals surface area (Å²) < 4.78 is 0. The fourth-order valence-corrected chi connectivity index (χ4v) is 8.52. The first-order chi connectivity index (χ1) is 33.6. The maximum absolute atomic E-state index is 9.73. The summed E-state index contributed by atoms with van der Waals surface area (Å²) in [6.07, 6.45) is 0. The maximum Gasteiger partial charge on any atom is 0.164 e. The molecule has 0 bridgehead atoms. The van der Waals surface area contributed by atoms with Crippen LogP contribution in [0.1, 0.15) is 5.56 Å². The standard InChI is InChI=1S/C61H39N7/c62-40-41-34-36-42(37-35-41)51-32-17-33-53(52-30-13-14-31-54(52)61-67-58(45-22-9-3-10-23-45)64-59(68-61)46-24-11-4-12-25-46)55(51)49-28-15-26-47(38-49)48-27-16-29-50(39-48)60-65-56(43-18-5-1-6-19-43)63-57(66-60)44-20-7-2-8-21-44/h1-39H. The van der Waals surface area contributed by atoms with Crippen molar-refractivity contribution in [1.82, 2.24) is 29.9 Å². The molecular weight excluding hydrogens is 831 g/mol. The fraction of sp³-hybridized carbons (Fsp3) is 0. The first-order valence-corrected chi connectivity index (χ1v) is 22.3. The second-order valence-electron chi connectivity index (χ2n) is 16.2. The van der Waals surface area contributed by atoms with Crippen molar-refractivity contribution in [3.8, 4) is 119 Å². The van der Waals surface area contributed by atoms with Gasteiger partial charge >= 0.3 is 0 Å². The Labute approximate surface area is 394 Å². The van der Waals surface area contributed by atoms with E-state index in [1.54, 1.807) is 0 Å². The van der Waals surface area contributed by atoms with Crippen LogP contribution in [0.15, 0.2) is 237 Å². The first kappa shape index (κ1) is 41.2. The minimum Gasteiger partial charge on any atom is -0.208 e. The van der Waals surface area contributed by atoms with E-state index < -0.39 is 0 Å². The molecule has 0 unspecified atom stereocenters. The van der Waals surface area contributed by atoms with E-state index in [1.165, 1.54) is 0 Å². The van der Waals surface area contributed by atoms with Gasteiger partial charge in [0.15, 0.2) is 34.9 Å². The lowest BCUT2D eigenvalue weighted by molar-refractivity contribution is 1.07. The van der Waals surface area contributed by atoms with E-state index in [0.717, 1.165) is 77.9 Å². The van der Waals surface area contributed by atoms with Gasteiger partial charge in [-0.2, -0.15) is 5.26 Å². The Kier molecular flexibility index (Phi) is 11.2. The molecule has 0 aliphatic rings. The Morgan fingerprint density at radius 1 is 0.235 bits per heavy atom. The second kappa shape index (κ2) is 18.5. The molecule has 7 heteroatoms. The number of hydrogen-bond donors (Lipinski definition) is 0. The Hall–Kier alpha value is -9.51. The average molecular weight is 870 g/mol. The molecule has 11 rings (SSSR count). The molecule has 9 aromatic carbocycles. The minimum absolute atomic E-state index is 0.567. The van der Waals surface area contributed by atoms with E-state index in [1.807, 2.05) is 152 Å². The molecule has 7 nitrogen and oxygen atoms in total. The minimum atomic E-state index is 0.567. The van der Waals surface area contributed by atoms with E-state index in [2.05, 4.69) is 91.0 Å². The van der Waals surface area contributed by atoms with Crippen molar-refractivity contribution >= 4 is 0 Å². The molecule has 0 radical (unpaired) electrons. The summed E-state index contributed by atoms with van der Waals surface area (Å²) in [5.74, 6) is 3.56. The van der Waals surface area contributed by atoms with Crippen LogP contribution in [0.2, 0.25) is 0 Å². The van der Waals surface area contributed by atoms with Gasteiger partial charge in [-0.3, -0.25) is 0 Å². The van der Waals surface area contributed by atoms with Gasteiger partial charge in [0, 0.05) is 33.4 Å². The normalized spacial score (nSPS) is 10.9. The molecule has 0 atom stereocenters. The Morgan fingerprint density at radius 2 is 0.574 bits per heavy atom. The molecule has 318 valence electrons. The molecule has 2 heterocycles. The zero-order valence-corrected chi connectivity index (χ0v) is 36.6. The summed E-state index contributed by atoms with van der Waals surface area (Å²) >= 11 is 0. The van der Waals surface area contributed by atoms with Crippen LogP contribution in [0.25, 0.3) is 113 Å². The van der Waals surface area contributed by atoms with Gasteiger partial charge in [-0.05, 0) is 68.8 Å². The van der Waals surface area contributed by atoms with E-state index >= 15 is 0 Å². The van der Waals surface area contributed by atoms with Crippen LogP contribution >= 0.6 is 0 Å². The van der Waals surface area contributed by atoms with Crippen LogP contribution in [0.3, 0.4) is 0 Å². The quantitative estimate of drug-likeness (QED) is 0.135. The van der Waals surface area contributed by atoms with Crippen molar-refractivity contribution < 1.29 is 0 Å². The zero-order valence-electron chi connectivity index (χ0n) is 36.6. The number of benzene rings is 9. The van der Waals surface area contributed by atoms with E-state index in [0.29, 0.717) is 40.5 Å². The van der Waals surface area contributed by atoms with Crippen LogP contribution < -0.4 is 0 Å². The number of rotatable bonds is 10. The van der Waals surface area contributed by atoms with Crippen LogP contribution in [-0.4, -0.2) is 29.9 Å². The second-order valence-corrected chi connectivity index (χ2v) is 16.2. The summed E-state index contributed by atoms with van der Waals surface area (Å²) in [7, 11) is 0. The number of aromatic nitrogens is 6. The fourth-order valence-electron chi connectivity index (χ4n) is 8.52. The van der Waals surface area contributed by atoms with Crippen LogP contribution in [0, 0.1) is 11.3 Å². The summed E-state index contributed by atoms with van der Waals surface area (Å²) in [4.78, 5) is 30.2. The molecule has 0 spiro atoms. The molecule has 11 aromatic rings. The lowest BCUT2D eigenvalue weighted by atomic mass is 9.85. The average Bonchev–Trinajstić information content (AvgIpc) is 3.43. The number of nitrogens with zero attached hydrogens (tertiary/aromatic N) is 7. The molecule has 2 aromatic heterocycles. The smallest absolute Gasteiger partial charge is 0.164 e. The highest BCUT2D eigenvalue weighted by atomic mass is 15.0. The summed E-state index contributed by atoms with van der Waals surface area (Å²) in [5, 5.41) is 9.73. The highest BCUT2D eigenvalue weighted by Gasteiger charge is 2.21. The van der Waals surface area contributed by atoms with Crippen molar-refractivity contribution in [3.05, 3.63) is 242 Å². The molecule has 0 saturated carbocycles. The lowest BCUT2D eigenvalue weighted by Crippen LogP contribution is -2.01. The van der Waals surface area contributed by atoms with Crippen molar-refractivity contribution in [2.45, 2.75) is 0 Å². The van der Waals surface area contributed by atoms with E-state index in [9.17, 15) is 5.26 Å². The third-order valence-electron chi connectivity index (χ3n) is 11.9. The zero-order chi connectivity index (χ0) is 45.7.